The van der Waals surface area contributed by atoms with Crippen LogP contribution in [0.15, 0.2) is 36.7 Å². The Morgan fingerprint density at radius 3 is 2.05 bits per heavy atom. The Kier molecular flexibility index (Phi) is 10.2. The minimum absolute atomic E-state index is 0. The molecular weight excluding hydrogens is 514 g/mol. The van der Waals surface area contributed by atoms with Gasteiger partial charge in [-0.1, -0.05) is 38.8 Å². The Labute approximate surface area is 238 Å². The Morgan fingerprint density at radius 2 is 1.47 bits per heavy atom. The van der Waals surface area contributed by atoms with Crippen molar-refractivity contribution in [3.05, 3.63) is 59.2 Å². The highest BCUT2D eigenvalue weighted by atomic mass is 35.5. The minimum atomic E-state index is -1.04. The van der Waals surface area contributed by atoms with Crippen molar-refractivity contribution in [1.82, 2.24) is 20.0 Å². The average Bonchev–Trinajstić information content (AvgIpc) is 3.31. The van der Waals surface area contributed by atoms with Gasteiger partial charge in [-0.15, -0.1) is 12.4 Å². The van der Waals surface area contributed by atoms with Gasteiger partial charge in [-0.3, -0.25) is 9.97 Å². The van der Waals surface area contributed by atoms with Crippen molar-refractivity contribution in [2.45, 2.75) is 103 Å². The molecule has 1 aliphatic heterocycles. The number of nitrogens with two attached hydrogens (primary N) is 1. The summed E-state index contributed by atoms with van der Waals surface area (Å²) in [6, 6.07) is 8.71. The fourth-order valence-corrected chi connectivity index (χ4v) is 7.83. The highest BCUT2D eigenvalue weighted by molar-refractivity contribution is 7.84. The van der Waals surface area contributed by atoms with E-state index in [1.807, 2.05) is 45.3 Å². The summed E-state index contributed by atoms with van der Waals surface area (Å²) in [5.41, 5.74) is 11.9. The maximum Gasteiger partial charge on any atom is 0.0976 e. The van der Waals surface area contributed by atoms with Crippen LogP contribution in [0.25, 0.3) is 0 Å². The number of hydrogen-bond acceptors (Lipinski definition) is 5. The molecule has 6 nitrogen and oxygen atoms in total. The van der Waals surface area contributed by atoms with Crippen molar-refractivity contribution in [3.63, 3.8) is 0 Å². The number of hydrogen-bond donors (Lipinski definition) is 3. The Bertz CT molecular complexity index is 1090. The number of piperidine rings is 1. The van der Waals surface area contributed by atoms with Crippen molar-refractivity contribution in [2.24, 2.45) is 16.6 Å². The van der Waals surface area contributed by atoms with E-state index in [1.54, 1.807) is 0 Å². The zero-order chi connectivity index (χ0) is 25.4. The van der Waals surface area contributed by atoms with Crippen molar-refractivity contribution in [2.75, 3.05) is 13.1 Å². The molecule has 0 aromatic carbocycles. The van der Waals surface area contributed by atoms with Crippen LogP contribution in [-0.4, -0.2) is 32.0 Å². The summed E-state index contributed by atoms with van der Waals surface area (Å²) in [4.78, 5) is 9.05. The molecule has 38 heavy (non-hydrogen) atoms. The molecule has 8 heteroatoms. The molecule has 1 saturated heterocycles. The first-order valence-corrected chi connectivity index (χ1v) is 14.9. The minimum Gasteiger partial charge on any atom is -0.323 e. The quantitative estimate of drug-likeness (QED) is 0.434. The van der Waals surface area contributed by atoms with E-state index in [-0.39, 0.29) is 42.1 Å². The normalized spacial score (nSPS) is 25.3. The van der Waals surface area contributed by atoms with Crippen LogP contribution in [0.3, 0.4) is 0 Å². The fraction of sp³-hybridized carbons (Fsp3) is 0.667. The summed E-state index contributed by atoms with van der Waals surface area (Å²) in [7, 11) is -1.04. The van der Waals surface area contributed by atoms with Gasteiger partial charge in [0.1, 0.15) is 0 Å². The predicted molar refractivity (Wildman–Crippen MR) is 161 cm³/mol. The van der Waals surface area contributed by atoms with Crippen molar-refractivity contribution < 1.29 is 4.21 Å². The summed E-state index contributed by atoms with van der Waals surface area (Å²) in [5, 5.41) is 3.41. The number of nitrogens with one attached hydrogen (secondary N) is 2. The lowest BCUT2D eigenvalue weighted by atomic mass is 9.70. The van der Waals surface area contributed by atoms with E-state index < -0.39 is 11.0 Å². The summed E-state index contributed by atoms with van der Waals surface area (Å²) < 4.78 is 15.9. The van der Waals surface area contributed by atoms with E-state index in [1.165, 1.54) is 67.5 Å². The Morgan fingerprint density at radius 1 is 0.921 bits per heavy atom. The molecule has 6 rings (SSSR count). The Balaban J connectivity index is 0.000000209. The van der Waals surface area contributed by atoms with Crippen LogP contribution in [0, 0.1) is 10.8 Å². The third-order valence-corrected chi connectivity index (χ3v) is 10.6. The van der Waals surface area contributed by atoms with Gasteiger partial charge in [-0.05, 0) is 106 Å². The van der Waals surface area contributed by atoms with E-state index in [0.29, 0.717) is 5.41 Å². The largest absolute Gasteiger partial charge is 0.323 e. The number of nitrogens with zero attached hydrogens (tertiary/aromatic N) is 2. The second-order valence-corrected chi connectivity index (χ2v) is 14.4. The molecule has 2 fully saturated rings. The summed E-state index contributed by atoms with van der Waals surface area (Å²) in [6.07, 6.45) is 14.6. The zero-order valence-corrected chi connectivity index (χ0v) is 24.2. The number of aromatic nitrogens is 2. The molecule has 2 spiro atoms. The van der Waals surface area contributed by atoms with Gasteiger partial charge < -0.3 is 11.1 Å². The first-order valence-electron chi connectivity index (χ1n) is 13.8. The molecule has 0 unspecified atom stereocenters. The molecule has 2 aromatic rings. The molecule has 1 saturated carbocycles. The number of halogens is 1. The molecule has 3 atom stereocenters. The van der Waals surface area contributed by atoms with Crippen LogP contribution in [0.2, 0.25) is 0 Å². The number of fused-ring (bicyclic) bond motifs is 2. The van der Waals surface area contributed by atoms with E-state index >= 15 is 0 Å². The molecule has 4 aliphatic rings. The van der Waals surface area contributed by atoms with Crippen molar-refractivity contribution in [1.29, 1.82) is 0 Å². The van der Waals surface area contributed by atoms with E-state index in [0.717, 1.165) is 25.9 Å². The van der Waals surface area contributed by atoms with Crippen LogP contribution < -0.4 is 15.8 Å². The van der Waals surface area contributed by atoms with Gasteiger partial charge in [-0.25, -0.2) is 8.93 Å². The smallest absolute Gasteiger partial charge is 0.0976 e. The van der Waals surface area contributed by atoms with E-state index in [4.69, 9.17) is 5.73 Å². The lowest BCUT2D eigenvalue weighted by Gasteiger charge is -2.40. The molecule has 212 valence electrons. The topological polar surface area (TPSA) is 92.9 Å². The van der Waals surface area contributed by atoms with Crippen LogP contribution in [-0.2, 0) is 23.8 Å². The van der Waals surface area contributed by atoms with Gasteiger partial charge in [0, 0.05) is 29.8 Å². The van der Waals surface area contributed by atoms with Crippen LogP contribution in [0.1, 0.15) is 108 Å². The second-order valence-electron chi connectivity index (χ2n) is 12.4. The molecule has 0 amide bonds. The van der Waals surface area contributed by atoms with Crippen molar-refractivity contribution in [3.8, 4) is 0 Å². The summed E-state index contributed by atoms with van der Waals surface area (Å²) >= 11 is 0. The van der Waals surface area contributed by atoms with Gasteiger partial charge in [-0.2, -0.15) is 0 Å². The molecule has 3 heterocycles. The summed E-state index contributed by atoms with van der Waals surface area (Å²) in [5.74, 6) is 0. The maximum absolute atomic E-state index is 12.6. The van der Waals surface area contributed by atoms with Gasteiger partial charge in [0.25, 0.3) is 0 Å². The van der Waals surface area contributed by atoms with Gasteiger partial charge in [0.2, 0.25) is 0 Å². The molecule has 0 radical (unpaired) electrons. The third-order valence-electron chi connectivity index (χ3n) is 9.04. The third kappa shape index (κ3) is 6.02. The number of pyridine rings is 2. The average molecular weight is 562 g/mol. The van der Waals surface area contributed by atoms with E-state index in [9.17, 15) is 4.21 Å². The van der Waals surface area contributed by atoms with Crippen LogP contribution in [0.4, 0.5) is 0 Å². The molecule has 4 N–H and O–H groups in total. The highest BCUT2D eigenvalue weighted by Gasteiger charge is 2.48. The van der Waals surface area contributed by atoms with Gasteiger partial charge >= 0.3 is 0 Å². The van der Waals surface area contributed by atoms with Crippen LogP contribution in [0.5, 0.6) is 0 Å². The van der Waals surface area contributed by atoms with Gasteiger partial charge in [0.05, 0.1) is 21.8 Å². The molecule has 2 aromatic heterocycles. The first kappa shape index (κ1) is 31.2. The SMILES string of the molecule is C.CC(C)(C)[S@@](=O)N[C@@H]1c2cccnc2CC12CCCCC2.Cl.N[C@@H]1c2cccnc2CC12CCNCC2. The second kappa shape index (κ2) is 12.4. The maximum atomic E-state index is 12.6. The lowest BCUT2D eigenvalue weighted by molar-refractivity contribution is 0.153. The Hall–Kier alpha value is -1.38. The lowest BCUT2D eigenvalue weighted by Crippen LogP contribution is -2.42. The predicted octanol–water partition coefficient (Wildman–Crippen LogP) is 5.75. The summed E-state index contributed by atoms with van der Waals surface area (Å²) in [6.45, 7) is 8.29. The molecular formula is C30H48ClN5OS. The molecule has 0 bridgehead atoms. The first-order chi connectivity index (χ1) is 17.2. The molecule has 3 aliphatic carbocycles. The van der Waals surface area contributed by atoms with E-state index in [2.05, 4.69) is 32.1 Å². The standard InChI is InChI=1S/C17H26N2OS.C12H17N3.CH4.ClH/c1-16(2,3)21(20)19-15-13-8-7-11-18-14(13)12-17(15)9-5-4-6-10-17;13-11-9-2-1-5-15-10(9)8-12(11)3-6-14-7-4-12;;/h7-8,11,15,19H,4-6,9-10,12H2,1-3H3;1-2,5,11,14H,3-4,6-8,13H2;1H4;1H/t15-,21-;11-;;/m11../s1. The monoisotopic (exact) mass is 561 g/mol. The van der Waals surface area contributed by atoms with Gasteiger partial charge in [0.15, 0.2) is 0 Å². The van der Waals surface area contributed by atoms with Crippen molar-refractivity contribution >= 4 is 23.4 Å². The number of rotatable bonds is 2. The zero-order valence-electron chi connectivity index (χ0n) is 22.6. The fourth-order valence-electron chi connectivity index (χ4n) is 6.89. The van der Waals surface area contributed by atoms with Crippen LogP contribution >= 0.6 is 12.4 Å². The highest BCUT2D eigenvalue weighted by Crippen LogP contribution is 2.54.